The number of aliphatic hydroxyl groups is 2. The van der Waals surface area contributed by atoms with Crippen molar-refractivity contribution < 1.29 is 10.2 Å². The molecular weight excluding hydrogens is 212 g/mol. The Morgan fingerprint density at radius 2 is 1.65 bits per heavy atom. The van der Waals surface area contributed by atoms with Crippen LogP contribution in [-0.2, 0) is 6.42 Å². The molecule has 0 aliphatic heterocycles. The lowest BCUT2D eigenvalue weighted by atomic mass is 9.82. The van der Waals surface area contributed by atoms with E-state index in [1.807, 2.05) is 30.3 Å². The van der Waals surface area contributed by atoms with Gasteiger partial charge in [-0.25, -0.2) is 0 Å². The van der Waals surface area contributed by atoms with Crippen LogP contribution in [0.4, 0.5) is 0 Å². The number of benzene rings is 1. The number of hydrogen-bond acceptors (Lipinski definition) is 2. The first-order chi connectivity index (χ1) is 8.27. The molecule has 0 aromatic heterocycles. The molecule has 2 nitrogen and oxygen atoms in total. The summed E-state index contributed by atoms with van der Waals surface area (Å²) in [6.07, 6.45) is 5.16. The van der Waals surface area contributed by atoms with Gasteiger partial charge in [-0.1, -0.05) is 49.6 Å². The van der Waals surface area contributed by atoms with Crippen LogP contribution in [0.15, 0.2) is 30.3 Å². The van der Waals surface area contributed by atoms with Gasteiger partial charge in [-0.2, -0.15) is 0 Å². The van der Waals surface area contributed by atoms with Gasteiger partial charge < -0.3 is 10.2 Å². The fourth-order valence-corrected chi connectivity index (χ4v) is 2.77. The van der Waals surface area contributed by atoms with Crippen LogP contribution in [0.25, 0.3) is 0 Å². The molecule has 2 heteroatoms. The van der Waals surface area contributed by atoms with E-state index in [2.05, 4.69) is 0 Å². The summed E-state index contributed by atoms with van der Waals surface area (Å²) in [5.74, 6) is 0.294. The van der Waals surface area contributed by atoms with Crippen molar-refractivity contribution in [2.75, 3.05) is 0 Å². The molecule has 0 unspecified atom stereocenters. The smallest absolute Gasteiger partial charge is 0.0842 e. The Labute approximate surface area is 103 Å². The Morgan fingerprint density at radius 1 is 1.00 bits per heavy atom. The van der Waals surface area contributed by atoms with Crippen LogP contribution in [0.3, 0.4) is 0 Å². The SMILES string of the molecule is O[C@H](Cc1ccccc1)[C@H](O)C1CCCCC1. The molecule has 0 radical (unpaired) electrons. The van der Waals surface area contributed by atoms with Crippen LogP contribution < -0.4 is 0 Å². The Morgan fingerprint density at radius 3 is 2.29 bits per heavy atom. The van der Waals surface area contributed by atoms with Gasteiger partial charge in [0.15, 0.2) is 0 Å². The fourth-order valence-electron chi connectivity index (χ4n) is 2.77. The summed E-state index contributed by atoms with van der Waals surface area (Å²) in [4.78, 5) is 0. The molecule has 0 heterocycles. The van der Waals surface area contributed by atoms with Crippen molar-refractivity contribution in [1.82, 2.24) is 0 Å². The first kappa shape index (κ1) is 12.6. The third kappa shape index (κ3) is 3.55. The Bertz CT molecular complexity index is 317. The zero-order valence-corrected chi connectivity index (χ0v) is 10.3. The topological polar surface area (TPSA) is 40.5 Å². The van der Waals surface area contributed by atoms with Crippen LogP contribution >= 0.6 is 0 Å². The summed E-state index contributed by atoms with van der Waals surface area (Å²) in [5, 5.41) is 20.2. The van der Waals surface area contributed by atoms with Gasteiger partial charge in [-0.3, -0.25) is 0 Å². The van der Waals surface area contributed by atoms with E-state index < -0.39 is 12.2 Å². The second kappa shape index (κ2) is 6.18. The van der Waals surface area contributed by atoms with E-state index in [9.17, 15) is 10.2 Å². The van der Waals surface area contributed by atoms with Gasteiger partial charge in [-0.05, 0) is 24.3 Å². The van der Waals surface area contributed by atoms with Crippen LogP contribution in [0.2, 0.25) is 0 Å². The number of aliphatic hydroxyl groups excluding tert-OH is 2. The van der Waals surface area contributed by atoms with Crippen molar-refractivity contribution >= 4 is 0 Å². The Hall–Kier alpha value is -0.860. The minimum atomic E-state index is -0.625. The quantitative estimate of drug-likeness (QED) is 0.840. The zero-order valence-electron chi connectivity index (χ0n) is 10.3. The number of rotatable bonds is 4. The second-order valence-electron chi connectivity index (χ2n) is 5.15. The molecule has 1 saturated carbocycles. The summed E-state index contributed by atoms with van der Waals surface area (Å²) in [6, 6.07) is 9.89. The van der Waals surface area contributed by atoms with Gasteiger partial charge in [-0.15, -0.1) is 0 Å². The van der Waals surface area contributed by atoms with E-state index in [1.54, 1.807) is 0 Å². The third-order valence-corrected chi connectivity index (χ3v) is 3.81. The standard InChI is InChI=1S/C15H22O2/c16-14(11-12-7-3-1-4-8-12)15(17)13-9-5-2-6-10-13/h1,3-4,7-8,13-17H,2,5-6,9-11H2/t14-,15-/m1/s1. The van der Waals surface area contributed by atoms with Crippen LogP contribution in [0.1, 0.15) is 37.7 Å². The first-order valence-electron chi connectivity index (χ1n) is 6.67. The van der Waals surface area contributed by atoms with E-state index in [0.29, 0.717) is 12.3 Å². The highest BCUT2D eigenvalue weighted by molar-refractivity contribution is 5.15. The summed E-state index contributed by atoms with van der Waals surface area (Å²) in [5.41, 5.74) is 1.09. The highest BCUT2D eigenvalue weighted by Gasteiger charge is 2.27. The van der Waals surface area contributed by atoms with Crippen molar-refractivity contribution in [3.05, 3.63) is 35.9 Å². The summed E-state index contributed by atoms with van der Waals surface area (Å²) in [7, 11) is 0. The van der Waals surface area contributed by atoms with E-state index >= 15 is 0 Å². The molecule has 17 heavy (non-hydrogen) atoms. The van der Waals surface area contributed by atoms with Gasteiger partial charge in [0.05, 0.1) is 12.2 Å². The lowest BCUT2D eigenvalue weighted by Gasteiger charge is -2.29. The van der Waals surface area contributed by atoms with E-state index in [-0.39, 0.29) is 0 Å². The average Bonchev–Trinajstić information content (AvgIpc) is 2.40. The first-order valence-corrected chi connectivity index (χ1v) is 6.67. The average molecular weight is 234 g/mol. The fraction of sp³-hybridized carbons (Fsp3) is 0.600. The van der Waals surface area contributed by atoms with Gasteiger partial charge in [0.1, 0.15) is 0 Å². The minimum Gasteiger partial charge on any atom is -0.390 e. The molecule has 94 valence electrons. The minimum absolute atomic E-state index is 0.294. The summed E-state index contributed by atoms with van der Waals surface area (Å²) < 4.78 is 0. The molecule has 2 rings (SSSR count). The Balaban J connectivity index is 1.88. The molecule has 1 aromatic rings. The third-order valence-electron chi connectivity index (χ3n) is 3.81. The van der Waals surface area contributed by atoms with Crippen LogP contribution in [0, 0.1) is 5.92 Å². The molecule has 2 atom stereocenters. The maximum Gasteiger partial charge on any atom is 0.0842 e. The molecule has 1 aromatic carbocycles. The van der Waals surface area contributed by atoms with Gasteiger partial charge in [0.2, 0.25) is 0 Å². The molecule has 0 saturated heterocycles. The van der Waals surface area contributed by atoms with Crippen LogP contribution in [-0.4, -0.2) is 22.4 Å². The second-order valence-corrected chi connectivity index (χ2v) is 5.15. The predicted octanol–water partition coefficient (Wildman–Crippen LogP) is 2.53. The molecule has 2 N–H and O–H groups in total. The summed E-state index contributed by atoms with van der Waals surface area (Å²) in [6.45, 7) is 0. The Kier molecular flexibility index (Phi) is 4.57. The van der Waals surface area contributed by atoms with Crippen molar-refractivity contribution in [1.29, 1.82) is 0 Å². The predicted molar refractivity (Wildman–Crippen MR) is 68.7 cm³/mol. The lowest BCUT2D eigenvalue weighted by Crippen LogP contribution is -2.36. The van der Waals surface area contributed by atoms with E-state index in [1.165, 1.54) is 19.3 Å². The van der Waals surface area contributed by atoms with Gasteiger partial charge in [0, 0.05) is 6.42 Å². The monoisotopic (exact) mass is 234 g/mol. The molecule has 0 bridgehead atoms. The van der Waals surface area contributed by atoms with Crippen molar-refractivity contribution in [3.8, 4) is 0 Å². The molecule has 0 amide bonds. The van der Waals surface area contributed by atoms with Crippen molar-refractivity contribution in [2.45, 2.75) is 50.7 Å². The summed E-state index contributed by atoms with van der Waals surface area (Å²) >= 11 is 0. The van der Waals surface area contributed by atoms with Gasteiger partial charge in [0.25, 0.3) is 0 Å². The molecule has 1 aliphatic carbocycles. The largest absolute Gasteiger partial charge is 0.390 e. The molecular formula is C15H22O2. The van der Waals surface area contributed by atoms with Crippen molar-refractivity contribution in [3.63, 3.8) is 0 Å². The van der Waals surface area contributed by atoms with E-state index in [4.69, 9.17) is 0 Å². The van der Waals surface area contributed by atoms with Gasteiger partial charge >= 0.3 is 0 Å². The lowest BCUT2D eigenvalue weighted by molar-refractivity contribution is -0.0263. The van der Waals surface area contributed by atoms with Crippen LogP contribution in [0.5, 0.6) is 0 Å². The highest BCUT2D eigenvalue weighted by Crippen LogP contribution is 2.28. The molecule has 1 fully saturated rings. The maximum absolute atomic E-state index is 10.2. The van der Waals surface area contributed by atoms with E-state index in [0.717, 1.165) is 18.4 Å². The highest BCUT2D eigenvalue weighted by atomic mass is 16.3. The number of hydrogen-bond donors (Lipinski definition) is 2. The maximum atomic E-state index is 10.2. The molecule has 0 spiro atoms. The zero-order chi connectivity index (χ0) is 12.1. The molecule has 1 aliphatic rings. The normalized spacial score (nSPS) is 21.1. The van der Waals surface area contributed by atoms with Crippen molar-refractivity contribution in [2.24, 2.45) is 5.92 Å².